The molecular weight excluding hydrogens is 294 g/mol. The summed E-state index contributed by atoms with van der Waals surface area (Å²) in [4.78, 5) is 14.8. The quantitative estimate of drug-likeness (QED) is 0.684. The fraction of sp³-hybridized carbons (Fsp3) is 0.235. The number of non-ortho nitro benzene ring substituents is 1. The predicted octanol–water partition coefficient (Wildman–Crippen LogP) is 4.10. The summed E-state index contributed by atoms with van der Waals surface area (Å²) in [6, 6.07) is 13.3. The molecule has 0 aromatic heterocycles. The highest BCUT2D eigenvalue weighted by molar-refractivity contribution is 5.92. The number of nitrogens with zero attached hydrogens (tertiary/aromatic N) is 2. The van der Waals surface area contributed by atoms with Crippen molar-refractivity contribution in [2.45, 2.75) is 25.4 Å². The second kappa shape index (κ2) is 5.39. The molecule has 1 N–H and O–H groups in total. The Labute approximate surface area is 133 Å². The van der Waals surface area contributed by atoms with E-state index in [1.165, 1.54) is 30.5 Å². The van der Waals surface area contributed by atoms with Gasteiger partial charge in [-0.05, 0) is 42.5 Å². The molecule has 0 amide bonds. The highest BCUT2D eigenvalue weighted by Gasteiger charge is 2.23. The number of nitro groups is 1. The van der Waals surface area contributed by atoms with Gasteiger partial charge in [0.2, 0.25) is 0 Å². The Morgan fingerprint density at radius 2 is 2.09 bits per heavy atom. The van der Waals surface area contributed by atoms with Gasteiger partial charge in [0.05, 0.1) is 10.6 Å². The Morgan fingerprint density at radius 1 is 1.22 bits per heavy atom. The number of fused-ring (bicyclic) bond motifs is 1. The number of benzene rings is 2. The van der Waals surface area contributed by atoms with Crippen LogP contribution in [0.3, 0.4) is 0 Å². The fourth-order valence-electron chi connectivity index (χ4n) is 2.67. The maximum absolute atomic E-state index is 10.8. The zero-order valence-electron chi connectivity index (χ0n) is 12.4. The van der Waals surface area contributed by atoms with Gasteiger partial charge in [-0.1, -0.05) is 12.1 Å². The van der Waals surface area contributed by atoms with Gasteiger partial charge in [-0.25, -0.2) is 0 Å². The van der Waals surface area contributed by atoms with Gasteiger partial charge < -0.3 is 10.1 Å². The van der Waals surface area contributed by atoms with Crippen molar-refractivity contribution in [2.75, 3.05) is 5.32 Å². The van der Waals surface area contributed by atoms with Crippen LogP contribution < -0.4 is 5.32 Å². The molecular formula is C17H15N3O3. The third-order valence-corrected chi connectivity index (χ3v) is 4.05. The summed E-state index contributed by atoms with van der Waals surface area (Å²) >= 11 is 0. The van der Waals surface area contributed by atoms with E-state index in [9.17, 15) is 10.1 Å². The number of rotatable bonds is 3. The summed E-state index contributed by atoms with van der Waals surface area (Å²) in [5, 5.41) is 14.0. The highest BCUT2D eigenvalue weighted by atomic mass is 16.6. The van der Waals surface area contributed by atoms with Crippen LogP contribution in [0.25, 0.3) is 0 Å². The number of hydrogen-bond donors (Lipinski definition) is 1. The molecule has 6 heteroatoms. The molecule has 2 aromatic carbocycles. The molecule has 4 rings (SSSR count). The van der Waals surface area contributed by atoms with Crippen LogP contribution in [-0.2, 0) is 11.3 Å². The van der Waals surface area contributed by atoms with Gasteiger partial charge in [-0.3, -0.25) is 10.1 Å². The molecule has 0 spiro atoms. The first-order chi connectivity index (χ1) is 11.2. The molecule has 0 saturated heterocycles. The van der Waals surface area contributed by atoms with Gasteiger partial charge in [0, 0.05) is 23.4 Å². The lowest BCUT2D eigenvalue weighted by Crippen LogP contribution is -2.19. The number of ether oxygens (including phenoxy) is 1. The lowest BCUT2D eigenvalue weighted by Gasteiger charge is -2.17. The minimum Gasteiger partial charge on any atom is -0.460 e. The van der Waals surface area contributed by atoms with Gasteiger partial charge in [-0.2, -0.15) is 4.99 Å². The number of nitrogens with one attached hydrogen (secondary N) is 1. The highest BCUT2D eigenvalue weighted by Crippen LogP contribution is 2.40. The van der Waals surface area contributed by atoms with Crippen molar-refractivity contribution in [1.29, 1.82) is 0 Å². The summed E-state index contributed by atoms with van der Waals surface area (Å²) in [5.41, 5.74) is 3.75. The van der Waals surface area contributed by atoms with Crippen LogP contribution in [-0.4, -0.2) is 10.9 Å². The molecule has 1 aliphatic carbocycles. The normalized spacial score (nSPS) is 16.1. The topological polar surface area (TPSA) is 76.8 Å². The van der Waals surface area contributed by atoms with Crippen molar-refractivity contribution in [3.63, 3.8) is 0 Å². The Bertz CT molecular complexity index is 812. The number of nitro benzene ring substituents is 1. The van der Waals surface area contributed by atoms with Gasteiger partial charge in [-0.15, -0.1) is 0 Å². The molecule has 0 atom stereocenters. The number of amidine groups is 1. The summed E-state index contributed by atoms with van der Waals surface area (Å²) < 4.78 is 5.58. The molecule has 0 bridgehead atoms. The fourth-order valence-corrected chi connectivity index (χ4v) is 2.67. The van der Waals surface area contributed by atoms with Gasteiger partial charge in [0.15, 0.2) is 0 Å². The summed E-state index contributed by atoms with van der Waals surface area (Å²) in [6.45, 7) is 0.269. The van der Waals surface area contributed by atoms with Crippen LogP contribution in [0.2, 0.25) is 0 Å². The standard InChI is InChI=1S/C17H15N3O3/c21-20(22)15-6-7-16-13(9-15)10-23-17(19-16)18-14-3-1-2-12(8-14)11-4-5-11/h1-3,6-9,11H,4-5,10H2,(H,18,19). The van der Waals surface area contributed by atoms with E-state index in [0.29, 0.717) is 17.6 Å². The van der Waals surface area contributed by atoms with Crippen LogP contribution in [0.5, 0.6) is 0 Å². The number of hydrogen-bond acceptors (Lipinski definition) is 5. The Morgan fingerprint density at radius 3 is 2.87 bits per heavy atom. The molecule has 0 unspecified atom stereocenters. The van der Waals surface area contributed by atoms with Crippen LogP contribution in [0.15, 0.2) is 47.5 Å². The molecule has 116 valence electrons. The third-order valence-electron chi connectivity index (χ3n) is 4.05. The van der Waals surface area contributed by atoms with E-state index in [1.54, 1.807) is 6.07 Å². The monoisotopic (exact) mass is 309 g/mol. The minimum atomic E-state index is -0.416. The lowest BCUT2D eigenvalue weighted by molar-refractivity contribution is -0.384. The molecule has 1 saturated carbocycles. The van der Waals surface area contributed by atoms with Crippen LogP contribution in [0.1, 0.15) is 29.9 Å². The zero-order chi connectivity index (χ0) is 15.8. The first-order valence-corrected chi connectivity index (χ1v) is 7.55. The Balaban J connectivity index is 1.56. The maximum Gasteiger partial charge on any atom is 0.294 e. The summed E-state index contributed by atoms with van der Waals surface area (Å²) in [5.74, 6) is 0.687. The first kappa shape index (κ1) is 13.8. The van der Waals surface area contributed by atoms with E-state index < -0.39 is 4.92 Å². The van der Waals surface area contributed by atoms with Crippen molar-refractivity contribution in [3.05, 3.63) is 63.7 Å². The van der Waals surface area contributed by atoms with Crippen molar-refractivity contribution in [3.8, 4) is 0 Å². The predicted molar refractivity (Wildman–Crippen MR) is 87.0 cm³/mol. The first-order valence-electron chi connectivity index (χ1n) is 7.55. The van der Waals surface area contributed by atoms with E-state index in [2.05, 4.69) is 22.4 Å². The average Bonchev–Trinajstić information content (AvgIpc) is 3.39. The van der Waals surface area contributed by atoms with Crippen molar-refractivity contribution in [2.24, 2.45) is 4.99 Å². The summed E-state index contributed by atoms with van der Waals surface area (Å²) in [6.07, 6.45) is 2.51. The van der Waals surface area contributed by atoms with E-state index in [0.717, 1.165) is 11.3 Å². The van der Waals surface area contributed by atoms with Crippen molar-refractivity contribution in [1.82, 2.24) is 0 Å². The second-order valence-corrected chi connectivity index (χ2v) is 5.80. The molecule has 0 radical (unpaired) electrons. The molecule has 6 nitrogen and oxygen atoms in total. The van der Waals surface area contributed by atoms with E-state index in [4.69, 9.17) is 4.74 Å². The Hall–Kier alpha value is -2.89. The van der Waals surface area contributed by atoms with Crippen LogP contribution in [0, 0.1) is 10.1 Å². The molecule has 23 heavy (non-hydrogen) atoms. The molecule has 2 aromatic rings. The maximum atomic E-state index is 10.8. The largest absolute Gasteiger partial charge is 0.460 e. The van der Waals surface area contributed by atoms with Crippen molar-refractivity contribution < 1.29 is 9.66 Å². The lowest BCUT2D eigenvalue weighted by atomic mass is 10.1. The second-order valence-electron chi connectivity index (χ2n) is 5.80. The number of aliphatic imine (C=N–C) groups is 1. The molecule has 1 fully saturated rings. The molecule has 1 aliphatic heterocycles. The van der Waals surface area contributed by atoms with Crippen LogP contribution >= 0.6 is 0 Å². The SMILES string of the molecule is O=[N+]([O-])c1ccc2c(c1)COC(Nc1cccc(C3CC3)c1)=N2. The molecule has 2 aliphatic rings. The average molecular weight is 309 g/mol. The summed E-state index contributed by atoms with van der Waals surface area (Å²) in [7, 11) is 0. The smallest absolute Gasteiger partial charge is 0.294 e. The van der Waals surface area contributed by atoms with Gasteiger partial charge >= 0.3 is 0 Å². The number of anilines is 1. The zero-order valence-corrected chi connectivity index (χ0v) is 12.4. The van der Waals surface area contributed by atoms with Crippen LogP contribution in [0.4, 0.5) is 17.1 Å². The Kier molecular flexibility index (Phi) is 3.22. The van der Waals surface area contributed by atoms with Gasteiger partial charge in [0.25, 0.3) is 11.7 Å². The van der Waals surface area contributed by atoms with E-state index >= 15 is 0 Å². The minimum absolute atomic E-state index is 0.0519. The van der Waals surface area contributed by atoms with Crippen molar-refractivity contribution >= 4 is 23.1 Å². The van der Waals surface area contributed by atoms with Gasteiger partial charge in [0.1, 0.15) is 6.61 Å². The van der Waals surface area contributed by atoms with E-state index in [1.807, 2.05) is 12.1 Å². The van der Waals surface area contributed by atoms with E-state index in [-0.39, 0.29) is 12.3 Å². The third kappa shape index (κ3) is 2.88. The molecule has 1 heterocycles.